The lowest BCUT2D eigenvalue weighted by atomic mass is 9.96. The maximum atomic E-state index is 15.9. The number of aryl methyl sites for hydroxylation is 1. The Hall–Kier alpha value is -6.55. The van der Waals surface area contributed by atoms with Crippen LogP contribution in [0.5, 0.6) is 0 Å². The minimum Gasteiger partial charge on any atom is -0.306 e. The molecule has 9 heteroatoms. The normalized spacial score (nSPS) is 12.3. The molecule has 0 aliphatic carbocycles. The first kappa shape index (κ1) is 33.6. The summed E-state index contributed by atoms with van der Waals surface area (Å²) in [5, 5.41) is 8.33. The van der Waals surface area contributed by atoms with Gasteiger partial charge < -0.3 is 9.13 Å². The summed E-state index contributed by atoms with van der Waals surface area (Å²) in [7, 11) is 0. The van der Waals surface area contributed by atoms with Crippen molar-refractivity contribution in [3.63, 3.8) is 0 Å². The molecule has 2 nitrogen and oxygen atoms in total. The van der Waals surface area contributed by atoms with Crippen LogP contribution >= 0.6 is 22.7 Å². The molecule has 12 aromatic rings. The van der Waals surface area contributed by atoms with Gasteiger partial charge in [0.2, 0.25) is 5.82 Å². The minimum atomic E-state index is -2.19. The van der Waals surface area contributed by atoms with Gasteiger partial charge in [-0.15, -0.1) is 22.7 Å². The molecule has 0 N–H and O–H groups in total. The van der Waals surface area contributed by atoms with Crippen LogP contribution in [0.1, 0.15) is 5.56 Å². The largest absolute Gasteiger partial charge is 0.306 e. The topological polar surface area (TPSA) is 9.86 Å². The summed E-state index contributed by atoms with van der Waals surface area (Å²) in [5.41, 5.74) is 4.02. The first-order valence-corrected chi connectivity index (χ1v) is 20.3. The van der Waals surface area contributed by atoms with E-state index < -0.39 is 34.6 Å². The average molecular weight is 801 g/mol. The number of aromatic nitrogens is 2. The van der Waals surface area contributed by atoms with E-state index in [1.165, 1.54) is 0 Å². The first-order valence-electron chi connectivity index (χ1n) is 18.6. The maximum Gasteiger partial charge on any atom is 0.200 e. The van der Waals surface area contributed by atoms with Gasteiger partial charge in [0.1, 0.15) is 0 Å². The van der Waals surface area contributed by atoms with Gasteiger partial charge in [-0.3, -0.25) is 0 Å². The average Bonchev–Trinajstić information content (AvgIpc) is 4.00. The van der Waals surface area contributed by atoms with Gasteiger partial charge >= 0.3 is 0 Å². The smallest absolute Gasteiger partial charge is 0.200 e. The second kappa shape index (κ2) is 12.0. The summed E-state index contributed by atoms with van der Waals surface area (Å²) in [5.74, 6) is -9.93. The molecule has 12 rings (SSSR count). The Labute approximate surface area is 333 Å². The zero-order chi connectivity index (χ0) is 39.1. The SMILES string of the molecule is Cc1cc(-n2c3ccccc3c3ccc4c5ccccc5sc4c32)c(-n2c3ccccc3c3ccc4c5ccccc5sc4c32)cc1-c1c(F)c(F)c(F)c(F)c1F. The van der Waals surface area contributed by atoms with E-state index in [1.807, 2.05) is 66.7 Å². The highest BCUT2D eigenvalue weighted by atomic mass is 32.1. The highest BCUT2D eigenvalue weighted by Gasteiger charge is 2.30. The molecule has 0 aliphatic rings. The molecule has 0 amide bonds. The van der Waals surface area contributed by atoms with Crippen LogP contribution in [0.2, 0.25) is 0 Å². The number of rotatable bonds is 3. The van der Waals surface area contributed by atoms with E-state index in [1.54, 1.807) is 35.7 Å². The molecule has 8 aromatic carbocycles. The summed E-state index contributed by atoms with van der Waals surface area (Å²) in [6, 6.07) is 44.6. The number of halogens is 5. The van der Waals surface area contributed by atoms with Crippen molar-refractivity contribution >= 4 is 107 Å². The predicted octanol–water partition coefficient (Wildman–Crippen LogP) is 15.3. The van der Waals surface area contributed by atoms with Crippen molar-refractivity contribution in [2.24, 2.45) is 0 Å². The van der Waals surface area contributed by atoms with E-state index >= 15 is 17.6 Å². The molecule has 0 saturated carbocycles. The Bertz CT molecular complexity index is 3750. The van der Waals surface area contributed by atoms with Crippen LogP contribution in [0.25, 0.3) is 106 Å². The Kier molecular flexibility index (Phi) is 6.94. The number of benzene rings is 8. The number of nitrogens with zero attached hydrogens (tertiary/aromatic N) is 2. The van der Waals surface area contributed by atoms with Crippen molar-refractivity contribution in [3.05, 3.63) is 168 Å². The summed E-state index contributed by atoms with van der Waals surface area (Å²) >= 11 is 3.35. The Balaban J connectivity index is 1.32. The van der Waals surface area contributed by atoms with E-state index in [9.17, 15) is 4.39 Å². The molecule has 278 valence electrons. The fraction of sp³-hybridized carbons (Fsp3) is 0.0204. The van der Waals surface area contributed by atoms with E-state index in [-0.39, 0.29) is 5.56 Å². The zero-order valence-corrected chi connectivity index (χ0v) is 31.9. The fourth-order valence-electron chi connectivity index (χ4n) is 9.11. The van der Waals surface area contributed by atoms with Gasteiger partial charge in [-0.1, -0.05) is 97.1 Å². The number of thiophene rings is 2. The molecule has 0 bridgehead atoms. The second-order valence-corrected chi connectivity index (χ2v) is 16.8. The Morgan fingerprint density at radius 2 is 0.793 bits per heavy atom. The van der Waals surface area contributed by atoms with Gasteiger partial charge in [-0.05, 0) is 54.4 Å². The van der Waals surface area contributed by atoms with Crippen LogP contribution in [0.3, 0.4) is 0 Å². The highest BCUT2D eigenvalue weighted by molar-refractivity contribution is 7.27. The van der Waals surface area contributed by atoms with Crippen molar-refractivity contribution in [2.45, 2.75) is 6.92 Å². The van der Waals surface area contributed by atoms with E-state index in [2.05, 4.69) is 69.8 Å². The lowest BCUT2D eigenvalue weighted by Gasteiger charge is -2.21. The van der Waals surface area contributed by atoms with Gasteiger partial charge in [0.05, 0.1) is 48.4 Å². The van der Waals surface area contributed by atoms with Crippen LogP contribution in [0, 0.1) is 36.0 Å². The molecular weight excluding hydrogens is 776 g/mol. The minimum absolute atomic E-state index is 0.103. The quantitative estimate of drug-likeness (QED) is 0.0957. The molecule has 0 radical (unpaired) electrons. The van der Waals surface area contributed by atoms with Crippen LogP contribution in [0.15, 0.2) is 133 Å². The first-order chi connectivity index (χ1) is 28.3. The van der Waals surface area contributed by atoms with Crippen molar-refractivity contribution in [3.8, 4) is 22.5 Å². The van der Waals surface area contributed by atoms with Gasteiger partial charge in [0.25, 0.3) is 0 Å². The van der Waals surface area contributed by atoms with Crippen LogP contribution in [-0.4, -0.2) is 9.13 Å². The predicted molar refractivity (Wildman–Crippen MR) is 231 cm³/mol. The molecule has 4 aromatic heterocycles. The molecular formula is C49H25F5N2S2. The molecule has 0 fully saturated rings. The van der Waals surface area contributed by atoms with Crippen LogP contribution in [0.4, 0.5) is 22.0 Å². The summed E-state index contributed by atoms with van der Waals surface area (Å²) in [6.45, 7) is 1.65. The number of para-hydroxylation sites is 2. The standard InChI is InChI=1S/C49H25F5N2S2/c1-24-22-36(55-34-14-6-2-10-25(34)29-18-20-31-27-12-4-8-16-38(27)57-48(31)46(29)55)37(23-33(24)40-41(50)43(52)45(54)44(53)42(40)51)56-35-15-7-3-11-26(35)30-19-21-32-28-13-5-9-17-39(28)58-49(32)47(30)56/h2-23H,1H3. The zero-order valence-electron chi connectivity index (χ0n) is 30.3. The van der Waals surface area contributed by atoms with Crippen molar-refractivity contribution in [1.82, 2.24) is 9.13 Å². The van der Waals surface area contributed by atoms with Gasteiger partial charge in [-0.2, -0.15) is 0 Å². The molecule has 4 heterocycles. The van der Waals surface area contributed by atoms with Gasteiger partial charge in [0.15, 0.2) is 23.3 Å². The maximum absolute atomic E-state index is 15.9. The Morgan fingerprint density at radius 1 is 0.397 bits per heavy atom. The summed E-state index contributed by atoms with van der Waals surface area (Å²) in [4.78, 5) is 0. The van der Waals surface area contributed by atoms with Crippen molar-refractivity contribution in [2.75, 3.05) is 0 Å². The van der Waals surface area contributed by atoms with Gasteiger partial charge in [0, 0.05) is 52.5 Å². The summed E-state index contributed by atoms with van der Waals surface area (Å²) in [6.07, 6.45) is 0. The monoisotopic (exact) mass is 800 g/mol. The molecule has 0 spiro atoms. The summed E-state index contributed by atoms with van der Waals surface area (Å²) < 4.78 is 85.0. The van der Waals surface area contributed by atoms with Crippen molar-refractivity contribution in [1.29, 1.82) is 0 Å². The van der Waals surface area contributed by atoms with Crippen LogP contribution in [-0.2, 0) is 0 Å². The third-order valence-corrected chi connectivity index (χ3v) is 14.0. The number of hydrogen-bond acceptors (Lipinski definition) is 2. The fourth-order valence-corrected chi connectivity index (χ4v) is 11.6. The van der Waals surface area contributed by atoms with E-state index in [4.69, 9.17) is 0 Å². The van der Waals surface area contributed by atoms with Crippen LogP contribution < -0.4 is 0 Å². The van der Waals surface area contributed by atoms with E-state index in [0.29, 0.717) is 16.9 Å². The second-order valence-electron chi connectivity index (χ2n) is 14.7. The number of fused-ring (bicyclic) bond motifs is 14. The lowest BCUT2D eigenvalue weighted by Crippen LogP contribution is -2.08. The lowest BCUT2D eigenvalue weighted by molar-refractivity contribution is 0.381. The third-order valence-electron chi connectivity index (χ3n) is 11.6. The van der Waals surface area contributed by atoms with Crippen molar-refractivity contribution < 1.29 is 22.0 Å². The van der Waals surface area contributed by atoms with E-state index in [0.717, 1.165) is 84.0 Å². The molecule has 0 unspecified atom stereocenters. The molecule has 58 heavy (non-hydrogen) atoms. The third kappa shape index (κ3) is 4.34. The Morgan fingerprint density at radius 3 is 1.29 bits per heavy atom. The molecule has 0 saturated heterocycles. The molecule has 0 aliphatic heterocycles. The number of hydrogen-bond donors (Lipinski definition) is 0. The molecule has 0 atom stereocenters. The van der Waals surface area contributed by atoms with Gasteiger partial charge in [-0.25, -0.2) is 22.0 Å². The highest BCUT2D eigenvalue weighted by Crippen LogP contribution is 2.48.